The Balaban J connectivity index is 1.40. The molecule has 2 aromatic heterocycles. The number of aromatic nitrogens is 3. The number of hydrogen-bond donors (Lipinski definition) is 2. The number of hydrogen-bond acceptors (Lipinski definition) is 6. The van der Waals surface area contributed by atoms with Crippen molar-refractivity contribution in [1.82, 2.24) is 30.7 Å². The van der Waals surface area contributed by atoms with Crippen molar-refractivity contribution in [2.24, 2.45) is 0 Å². The van der Waals surface area contributed by atoms with E-state index >= 15 is 0 Å². The summed E-state index contributed by atoms with van der Waals surface area (Å²) in [5, 5.41) is 13.1. The molecule has 1 aliphatic carbocycles. The molecule has 9 nitrogen and oxygen atoms in total. The summed E-state index contributed by atoms with van der Waals surface area (Å²) < 4.78 is 35.1. The normalized spacial score (nSPS) is 20.5. The van der Waals surface area contributed by atoms with Crippen LogP contribution < -0.4 is 10.6 Å². The molecule has 3 amide bonds. The molecule has 0 unspecified atom stereocenters. The molecule has 0 spiro atoms. The third-order valence-corrected chi connectivity index (χ3v) is 6.69. The highest BCUT2D eigenvalue weighted by atomic mass is 35.5. The minimum absolute atomic E-state index is 0.0655. The van der Waals surface area contributed by atoms with Crippen molar-refractivity contribution in [3.8, 4) is 0 Å². The second-order valence-corrected chi connectivity index (χ2v) is 9.58. The van der Waals surface area contributed by atoms with E-state index in [9.17, 15) is 18.4 Å². The van der Waals surface area contributed by atoms with Gasteiger partial charge in [0.2, 0.25) is 17.7 Å². The second kappa shape index (κ2) is 9.12. The number of carbonyl (C=O) groups excluding carboxylic acids is 2. The molecule has 1 aromatic carbocycles. The van der Waals surface area contributed by atoms with Crippen molar-refractivity contribution in [3.63, 3.8) is 0 Å². The van der Waals surface area contributed by atoms with E-state index < -0.39 is 41.1 Å². The molecule has 0 radical (unpaired) electrons. The van der Waals surface area contributed by atoms with Gasteiger partial charge in [0.1, 0.15) is 17.7 Å². The molecular weight excluding hydrogens is 494 g/mol. The summed E-state index contributed by atoms with van der Waals surface area (Å²) in [6.07, 6.45) is 1.37. The number of amides is 3. The first-order valence-electron chi connectivity index (χ1n) is 11.4. The van der Waals surface area contributed by atoms with Gasteiger partial charge in [-0.25, -0.2) is 13.6 Å². The van der Waals surface area contributed by atoms with E-state index in [0.29, 0.717) is 18.7 Å². The van der Waals surface area contributed by atoms with E-state index in [1.165, 1.54) is 4.90 Å². The van der Waals surface area contributed by atoms with Gasteiger partial charge in [-0.1, -0.05) is 17.7 Å². The topological polar surface area (TPSA) is 113 Å². The van der Waals surface area contributed by atoms with Crippen molar-refractivity contribution in [1.29, 1.82) is 0 Å². The molecule has 3 aromatic rings. The van der Waals surface area contributed by atoms with E-state index in [2.05, 4.69) is 25.8 Å². The van der Waals surface area contributed by atoms with Crippen molar-refractivity contribution >= 4 is 23.5 Å². The lowest BCUT2D eigenvalue weighted by atomic mass is 9.93. The van der Waals surface area contributed by atoms with Crippen molar-refractivity contribution in [2.75, 3.05) is 6.54 Å². The molecule has 2 fully saturated rings. The number of likely N-dealkylation sites (tertiary alicyclic amines) is 1. The van der Waals surface area contributed by atoms with Crippen molar-refractivity contribution in [3.05, 3.63) is 75.7 Å². The average molecular weight is 517 g/mol. The van der Waals surface area contributed by atoms with Gasteiger partial charge in [-0.2, -0.15) is 0 Å². The average Bonchev–Trinajstić information content (AvgIpc) is 3.38. The Hall–Kier alpha value is -3.60. The van der Waals surface area contributed by atoms with Gasteiger partial charge >= 0.3 is 6.03 Å². The minimum Gasteiger partial charge on any atom is -0.424 e. The molecular formula is C24H23ClF2N6O3. The van der Waals surface area contributed by atoms with Gasteiger partial charge in [0.05, 0.1) is 17.8 Å². The first-order chi connectivity index (χ1) is 17.1. The number of pyridine rings is 1. The van der Waals surface area contributed by atoms with Gasteiger partial charge in [-0.05, 0) is 44.0 Å². The zero-order valence-electron chi connectivity index (χ0n) is 19.5. The van der Waals surface area contributed by atoms with Crippen LogP contribution in [0.4, 0.5) is 13.6 Å². The number of urea groups is 1. The first-order valence-corrected chi connectivity index (χ1v) is 11.8. The highest BCUT2D eigenvalue weighted by molar-refractivity contribution is 6.30. The maximum Gasteiger partial charge on any atom is 0.316 e. The molecule has 5 rings (SSSR count). The lowest BCUT2D eigenvalue weighted by molar-refractivity contribution is -0.130. The molecule has 3 heterocycles. The summed E-state index contributed by atoms with van der Waals surface area (Å²) in [5.41, 5.74) is 0.553. The van der Waals surface area contributed by atoms with E-state index in [0.717, 1.165) is 23.5 Å². The molecule has 36 heavy (non-hydrogen) atoms. The van der Waals surface area contributed by atoms with Gasteiger partial charge in [0.15, 0.2) is 0 Å². The zero-order valence-corrected chi connectivity index (χ0v) is 20.3. The third kappa shape index (κ3) is 4.62. The Morgan fingerprint density at radius 1 is 1.22 bits per heavy atom. The van der Waals surface area contributed by atoms with E-state index in [4.69, 9.17) is 16.0 Å². The zero-order chi connectivity index (χ0) is 25.6. The number of halogens is 3. The first kappa shape index (κ1) is 24.1. The summed E-state index contributed by atoms with van der Waals surface area (Å²) in [6, 6.07) is 5.64. The Labute approximate surface area is 210 Å². The fourth-order valence-electron chi connectivity index (χ4n) is 4.61. The van der Waals surface area contributed by atoms with Crippen LogP contribution in [0.3, 0.4) is 0 Å². The quantitative estimate of drug-likeness (QED) is 0.518. The van der Waals surface area contributed by atoms with E-state index in [1.807, 2.05) is 25.1 Å². The third-order valence-electron chi connectivity index (χ3n) is 6.47. The van der Waals surface area contributed by atoms with Crippen LogP contribution >= 0.6 is 11.6 Å². The van der Waals surface area contributed by atoms with Gasteiger partial charge in [0.25, 0.3) is 0 Å². The van der Waals surface area contributed by atoms with Crippen LogP contribution in [0, 0.1) is 25.5 Å². The Morgan fingerprint density at radius 2 is 1.94 bits per heavy atom. The minimum atomic E-state index is -1.24. The monoisotopic (exact) mass is 516 g/mol. The van der Waals surface area contributed by atoms with E-state index in [1.54, 1.807) is 6.92 Å². The predicted molar refractivity (Wildman–Crippen MR) is 124 cm³/mol. The fourth-order valence-corrected chi connectivity index (χ4v) is 4.80. The molecule has 2 N–H and O–H groups in total. The van der Waals surface area contributed by atoms with Gasteiger partial charge in [-0.3, -0.25) is 9.78 Å². The number of nitrogens with zero attached hydrogens (tertiary/aromatic N) is 4. The van der Waals surface area contributed by atoms with Crippen molar-refractivity contribution in [2.45, 2.75) is 50.7 Å². The number of benzene rings is 1. The highest BCUT2D eigenvalue weighted by Crippen LogP contribution is 2.44. The Bertz CT molecular complexity index is 1320. The van der Waals surface area contributed by atoms with Crippen LogP contribution in [0.25, 0.3) is 0 Å². The maximum atomic E-state index is 14.9. The van der Waals surface area contributed by atoms with Crippen LogP contribution in [0.5, 0.6) is 0 Å². The van der Waals surface area contributed by atoms with Crippen LogP contribution in [0.1, 0.15) is 47.5 Å². The van der Waals surface area contributed by atoms with Gasteiger partial charge in [0, 0.05) is 35.7 Å². The molecule has 188 valence electrons. The molecule has 1 aliphatic heterocycles. The lowest BCUT2D eigenvalue weighted by Gasteiger charge is -2.23. The van der Waals surface area contributed by atoms with Crippen LogP contribution in [0.15, 0.2) is 34.7 Å². The number of rotatable bonds is 6. The molecule has 1 saturated heterocycles. The molecule has 0 bridgehead atoms. The van der Waals surface area contributed by atoms with Crippen LogP contribution in [-0.4, -0.2) is 44.6 Å². The smallest absolute Gasteiger partial charge is 0.316 e. The van der Waals surface area contributed by atoms with Crippen LogP contribution in [-0.2, 0) is 16.9 Å². The predicted octanol–water partition coefficient (Wildman–Crippen LogP) is 3.50. The highest BCUT2D eigenvalue weighted by Gasteiger charge is 2.49. The summed E-state index contributed by atoms with van der Waals surface area (Å²) in [7, 11) is 0. The molecule has 2 aliphatic rings. The summed E-state index contributed by atoms with van der Waals surface area (Å²) in [4.78, 5) is 32.2. The largest absolute Gasteiger partial charge is 0.424 e. The van der Waals surface area contributed by atoms with Gasteiger partial charge < -0.3 is 20.0 Å². The van der Waals surface area contributed by atoms with Gasteiger partial charge in [-0.15, -0.1) is 10.2 Å². The summed E-state index contributed by atoms with van der Waals surface area (Å²) >= 11 is 5.79. The van der Waals surface area contributed by atoms with Crippen LogP contribution in [0.2, 0.25) is 5.02 Å². The van der Waals surface area contributed by atoms with E-state index in [-0.39, 0.29) is 29.6 Å². The SMILES string of the molecule is Cc1cccc(C2(NC(=O)N[C@@H]3C(=O)N(Cc4nnc(C)o4)C[C@H]3c3c(F)cc(Cl)cc3F)CC2)n1. The molecule has 12 heteroatoms. The number of nitrogens with one attached hydrogen (secondary N) is 2. The molecule has 2 atom stereocenters. The summed E-state index contributed by atoms with van der Waals surface area (Å²) in [5.74, 6) is -2.86. The Morgan fingerprint density at radius 3 is 2.56 bits per heavy atom. The fraction of sp³-hybridized carbons (Fsp3) is 0.375. The standard InChI is InChI=1S/C24H23ClF2N6O3/c1-12-4-3-5-18(28-12)24(6-7-24)30-23(35)29-21-15(20-16(26)8-14(25)9-17(20)27)10-33(22(21)34)11-19-32-31-13(2)36-19/h3-5,8-9,15,21H,6-7,10-11H2,1-2H3,(H2,29,30,35)/t15-,21-/m0/s1. The number of carbonyl (C=O) groups is 2. The molecule has 1 saturated carbocycles. The Kier molecular flexibility index (Phi) is 6.11. The lowest BCUT2D eigenvalue weighted by Crippen LogP contribution is -2.50. The summed E-state index contributed by atoms with van der Waals surface area (Å²) in [6.45, 7) is 3.32. The van der Waals surface area contributed by atoms with Crippen molar-refractivity contribution < 1.29 is 22.8 Å². The number of aryl methyl sites for hydroxylation is 2. The second-order valence-electron chi connectivity index (χ2n) is 9.15. The maximum absolute atomic E-state index is 14.9.